The standard InChI is InChI=1S/C21H23FN2O7S/c22-15-3-5-16(6-4-15)31-17-7-9-18(10-8-17)32(29,30)24(14-11-19(25)26)21(20(27)23-28)12-1-2-13-21/h3-10,28H,1-2,11-14H2,(H,23,27)(H,25,26). The summed E-state index contributed by atoms with van der Waals surface area (Å²) in [5.41, 5.74) is -0.0365. The minimum Gasteiger partial charge on any atom is -0.481 e. The Balaban J connectivity index is 1.92. The van der Waals surface area contributed by atoms with E-state index in [1.807, 2.05) is 0 Å². The highest BCUT2D eigenvalue weighted by Gasteiger charge is 2.51. The quantitative estimate of drug-likeness (QED) is 0.382. The number of rotatable bonds is 9. The molecule has 0 aromatic heterocycles. The van der Waals surface area contributed by atoms with Gasteiger partial charge in [0.1, 0.15) is 22.9 Å². The summed E-state index contributed by atoms with van der Waals surface area (Å²) in [5, 5.41) is 18.3. The molecule has 1 fully saturated rings. The number of sulfonamides is 1. The summed E-state index contributed by atoms with van der Waals surface area (Å²) >= 11 is 0. The van der Waals surface area contributed by atoms with Crippen LogP contribution in [-0.4, -0.2) is 47.0 Å². The van der Waals surface area contributed by atoms with Crippen molar-refractivity contribution in [2.24, 2.45) is 0 Å². The van der Waals surface area contributed by atoms with Crippen molar-refractivity contribution in [3.05, 3.63) is 54.3 Å². The molecular formula is C21H23FN2O7S. The molecule has 1 aliphatic carbocycles. The van der Waals surface area contributed by atoms with Crippen molar-refractivity contribution >= 4 is 21.9 Å². The highest BCUT2D eigenvalue weighted by molar-refractivity contribution is 7.89. The summed E-state index contributed by atoms with van der Waals surface area (Å²) in [5.74, 6) is -1.87. The minimum absolute atomic E-state index is 0.157. The first-order chi connectivity index (χ1) is 15.2. The fourth-order valence-corrected chi connectivity index (χ4v) is 5.65. The molecule has 0 heterocycles. The monoisotopic (exact) mass is 466 g/mol. The van der Waals surface area contributed by atoms with Gasteiger partial charge in [0.15, 0.2) is 0 Å². The van der Waals surface area contributed by atoms with Gasteiger partial charge in [-0.25, -0.2) is 18.3 Å². The number of hydrogen-bond acceptors (Lipinski definition) is 6. The van der Waals surface area contributed by atoms with Gasteiger partial charge in [-0.2, -0.15) is 4.31 Å². The number of nitrogens with one attached hydrogen (secondary N) is 1. The van der Waals surface area contributed by atoms with Crippen LogP contribution in [0.3, 0.4) is 0 Å². The molecular weight excluding hydrogens is 443 g/mol. The molecule has 0 spiro atoms. The van der Waals surface area contributed by atoms with Crippen molar-refractivity contribution in [3.8, 4) is 11.5 Å². The van der Waals surface area contributed by atoms with Crippen LogP contribution in [0.15, 0.2) is 53.4 Å². The summed E-state index contributed by atoms with van der Waals surface area (Å²) in [4.78, 5) is 23.5. The van der Waals surface area contributed by atoms with Crippen LogP contribution in [0, 0.1) is 5.82 Å². The number of carbonyl (C=O) groups is 2. The maximum atomic E-state index is 13.5. The van der Waals surface area contributed by atoms with Crippen LogP contribution in [0.5, 0.6) is 11.5 Å². The minimum atomic E-state index is -4.30. The molecule has 0 unspecified atom stereocenters. The second-order valence-corrected chi connectivity index (χ2v) is 9.29. The third-order valence-corrected chi connectivity index (χ3v) is 7.40. The van der Waals surface area contributed by atoms with Crippen molar-refractivity contribution < 1.29 is 37.4 Å². The summed E-state index contributed by atoms with van der Waals surface area (Å²) in [6.45, 7) is -0.432. The second-order valence-electron chi connectivity index (χ2n) is 7.43. The van der Waals surface area contributed by atoms with Gasteiger partial charge in [-0.3, -0.25) is 14.8 Å². The molecule has 0 aliphatic heterocycles. The number of aliphatic carboxylic acids is 1. The number of halogens is 1. The van der Waals surface area contributed by atoms with E-state index >= 15 is 0 Å². The average molecular weight is 466 g/mol. The lowest BCUT2D eigenvalue weighted by atomic mass is 9.96. The lowest BCUT2D eigenvalue weighted by molar-refractivity contribution is -0.141. The number of carboxylic acid groups (broad SMARTS) is 1. The lowest BCUT2D eigenvalue weighted by Crippen LogP contribution is -2.59. The third-order valence-electron chi connectivity index (χ3n) is 5.42. The first-order valence-corrected chi connectivity index (χ1v) is 11.4. The molecule has 1 aliphatic rings. The smallest absolute Gasteiger partial charge is 0.304 e. The van der Waals surface area contributed by atoms with Crippen molar-refractivity contribution in [1.82, 2.24) is 9.79 Å². The maximum absolute atomic E-state index is 13.5. The Bertz CT molecular complexity index is 1070. The van der Waals surface area contributed by atoms with E-state index in [2.05, 4.69) is 0 Å². The molecule has 11 heteroatoms. The number of hydroxylamine groups is 1. The van der Waals surface area contributed by atoms with Gasteiger partial charge in [-0.1, -0.05) is 12.8 Å². The zero-order chi connectivity index (χ0) is 23.4. The van der Waals surface area contributed by atoms with E-state index in [1.165, 1.54) is 48.5 Å². The van der Waals surface area contributed by atoms with E-state index in [0.717, 1.165) is 4.31 Å². The molecule has 0 saturated heterocycles. The SMILES string of the molecule is O=C(O)CCN(C1(C(=O)NO)CCCC1)S(=O)(=O)c1ccc(Oc2ccc(F)cc2)cc1. The van der Waals surface area contributed by atoms with Crippen molar-refractivity contribution in [2.75, 3.05) is 6.54 Å². The van der Waals surface area contributed by atoms with E-state index in [0.29, 0.717) is 24.3 Å². The molecule has 3 N–H and O–H groups in total. The lowest BCUT2D eigenvalue weighted by Gasteiger charge is -2.38. The molecule has 32 heavy (non-hydrogen) atoms. The molecule has 1 saturated carbocycles. The van der Waals surface area contributed by atoms with Crippen LogP contribution >= 0.6 is 0 Å². The largest absolute Gasteiger partial charge is 0.481 e. The highest BCUT2D eigenvalue weighted by Crippen LogP contribution is 2.39. The molecule has 0 radical (unpaired) electrons. The zero-order valence-corrected chi connectivity index (χ0v) is 17.8. The Kier molecular flexibility index (Phi) is 7.12. The Hall–Kier alpha value is -3.02. The van der Waals surface area contributed by atoms with Crippen molar-refractivity contribution in [1.29, 1.82) is 0 Å². The maximum Gasteiger partial charge on any atom is 0.304 e. The number of carbonyl (C=O) groups excluding carboxylic acids is 1. The average Bonchev–Trinajstić information content (AvgIpc) is 3.25. The van der Waals surface area contributed by atoms with E-state index in [4.69, 9.17) is 9.84 Å². The van der Waals surface area contributed by atoms with Gasteiger partial charge in [0.25, 0.3) is 5.91 Å². The Morgan fingerprint density at radius 3 is 2.06 bits per heavy atom. The number of nitrogens with zero attached hydrogens (tertiary/aromatic N) is 1. The van der Waals surface area contributed by atoms with Crippen LogP contribution in [0.4, 0.5) is 4.39 Å². The summed E-state index contributed by atoms with van der Waals surface area (Å²) in [6.07, 6.45) is 0.910. The van der Waals surface area contributed by atoms with Crippen LogP contribution in [0.2, 0.25) is 0 Å². The van der Waals surface area contributed by atoms with E-state index < -0.39 is 46.2 Å². The molecule has 172 valence electrons. The number of benzene rings is 2. The highest BCUT2D eigenvalue weighted by atomic mass is 32.2. The Morgan fingerprint density at radius 1 is 1.03 bits per heavy atom. The molecule has 2 aromatic rings. The van der Waals surface area contributed by atoms with Crippen molar-refractivity contribution in [3.63, 3.8) is 0 Å². The third kappa shape index (κ3) is 4.90. The van der Waals surface area contributed by atoms with Gasteiger partial charge >= 0.3 is 5.97 Å². The zero-order valence-electron chi connectivity index (χ0n) is 17.0. The van der Waals surface area contributed by atoms with Gasteiger partial charge in [-0.05, 0) is 61.4 Å². The Labute approximate surface area is 184 Å². The van der Waals surface area contributed by atoms with Gasteiger partial charge < -0.3 is 9.84 Å². The molecule has 1 amide bonds. The fraction of sp³-hybridized carbons (Fsp3) is 0.333. The summed E-state index contributed by atoms with van der Waals surface area (Å²) < 4.78 is 46.4. The predicted molar refractivity (Wildman–Crippen MR) is 110 cm³/mol. The normalized spacial score (nSPS) is 15.5. The first kappa shape index (κ1) is 23.6. The number of amides is 1. The van der Waals surface area contributed by atoms with Crippen LogP contribution < -0.4 is 10.2 Å². The molecule has 0 atom stereocenters. The summed E-state index contributed by atoms with van der Waals surface area (Å²) in [6, 6.07) is 10.7. The van der Waals surface area contributed by atoms with Gasteiger partial charge in [-0.15, -0.1) is 0 Å². The topological polar surface area (TPSA) is 133 Å². The fourth-order valence-electron chi connectivity index (χ4n) is 3.86. The number of hydrogen-bond donors (Lipinski definition) is 3. The first-order valence-electron chi connectivity index (χ1n) is 9.92. The van der Waals surface area contributed by atoms with Gasteiger partial charge in [0.05, 0.1) is 11.3 Å². The number of carboxylic acids is 1. The van der Waals surface area contributed by atoms with Gasteiger partial charge in [0, 0.05) is 6.54 Å². The predicted octanol–water partition coefficient (Wildman–Crippen LogP) is 2.90. The van der Waals surface area contributed by atoms with E-state index in [9.17, 15) is 27.6 Å². The number of ether oxygens (including phenoxy) is 1. The van der Waals surface area contributed by atoms with Crippen LogP contribution in [0.1, 0.15) is 32.1 Å². The molecule has 0 bridgehead atoms. The molecule has 3 rings (SSSR count). The van der Waals surface area contributed by atoms with E-state index in [-0.39, 0.29) is 17.7 Å². The second kappa shape index (κ2) is 9.63. The molecule has 9 nitrogen and oxygen atoms in total. The van der Waals surface area contributed by atoms with Crippen LogP contribution in [-0.2, 0) is 19.6 Å². The van der Waals surface area contributed by atoms with Crippen molar-refractivity contribution in [2.45, 2.75) is 42.5 Å². The summed E-state index contributed by atoms with van der Waals surface area (Å²) in [7, 11) is -4.30. The van der Waals surface area contributed by atoms with E-state index in [1.54, 1.807) is 5.48 Å². The van der Waals surface area contributed by atoms with Gasteiger partial charge in [0.2, 0.25) is 10.0 Å². The molecule has 2 aromatic carbocycles. The Morgan fingerprint density at radius 2 is 1.56 bits per heavy atom. The van der Waals surface area contributed by atoms with Crippen LogP contribution in [0.25, 0.3) is 0 Å².